The molecule has 8 nitrogen and oxygen atoms in total. The van der Waals surface area contributed by atoms with E-state index in [1.54, 1.807) is 25.1 Å². The highest BCUT2D eigenvalue weighted by Crippen LogP contribution is 2.36. The van der Waals surface area contributed by atoms with Gasteiger partial charge in [0.2, 0.25) is 0 Å². The number of phenolic OH excluding ortho intramolecular Hbond substituents is 2. The Hall–Kier alpha value is -3.55. The minimum Gasteiger partial charge on any atom is -0.618 e. The molecule has 2 aromatic rings. The van der Waals surface area contributed by atoms with E-state index in [0.29, 0.717) is 17.9 Å². The third-order valence-corrected chi connectivity index (χ3v) is 3.27. The lowest BCUT2D eigenvalue weighted by atomic mass is 10.1. The molecule has 0 amide bonds. The highest BCUT2D eigenvalue weighted by atomic mass is 16.5. The Balaban J connectivity index is 2.38. The molecule has 0 bridgehead atoms. The number of hydrogen-bond donors (Lipinski definition) is 4. The molecule has 0 unspecified atom stereocenters. The van der Waals surface area contributed by atoms with E-state index in [0.717, 1.165) is 23.9 Å². The molecular formula is C17H17N3O5. The normalized spacial score (nSPS) is 12.2. The lowest BCUT2D eigenvalue weighted by molar-refractivity contribution is -0.356. The first kappa shape index (κ1) is 17.8. The van der Waals surface area contributed by atoms with E-state index in [1.807, 2.05) is 6.07 Å². The van der Waals surface area contributed by atoms with Crippen LogP contribution in [-0.2, 0) is 6.54 Å². The van der Waals surface area contributed by atoms with Crippen LogP contribution in [0.2, 0.25) is 0 Å². The van der Waals surface area contributed by atoms with Crippen LogP contribution in [0.15, 0.2) is 41.4 Å². The zero-order valence-electron chi connectivity index (χ0n) is 13.4. The zero-order valence-corrected chi connectivity index (χ0v) is 13.4. The van der Waals surface area contributed by atoms with Gasteiger partial charge in [-0.25, -0.2) is 4.79 Å². The Morgan fingerprint density at radius 2 is 1.92 bits per heavy atom. The van der Waals surface area contributed by atoms with Crippen LogP contribution in [0.3, 0.4) is 0 Å². The predicted molar refractivity (Wildman–Crippen MR) is 92.6 cm³/mol. The standard InChI is InChI=1S/C17H17N3O5/c1-10(18)19-8-11-3-2-4-12(5-11)9-20(25)16-14(21)6-13(17(23)24)7-15(16)22/h2-7,9,21-22H,8H2,1H3,(H2,18,19)(H,23,24)/b20-9-. The van der Waals surface area contributed by atoms with Crippen molar-refractivity contribution in [3.8, 4) is 11.5 Å². The molecule has 5 N–H and O–H groups in total. The number of carboxylic acid groups (broad SMARTS) is 1. The lowest BCUT2D eigenvalue weighted by Gasteiger charge is -2.08. The molecule has 0 aliphatic heterocycles. The number of nitrogens with zero attached hydrogens (tertiary/aromatic N) is 2. The Morgan fingerprint density at radius 3 is 2.48 bits per heavy atom. The van der Waals surface area contributed by atoms with Crippen LogP contribution in [0.5, 0.6) is 11.5 Å². The summed E-state index contributed by atoms with van der Waals surface area (Å²) in [5.74, 6) is -2.17. The smallest absolute Gasteiger partial charge is 0.335 e. The summed E-state index contributed by atoms with van der Waals surface area (Å²) in [7, 11) is 0. The minimum absolute atomic E-state index is 0.271. The number of aromatic carboxylic acids is 1. The van der Waals surface area contributed by atoms with Crippen LogP contribution < -0.4 is 5.73 Å². The number of nitrogens with two attached hydrogens (primary N) is 1. The SMILES string of the molecule is CC(N)=NCc1cccc(/C=[N+](\[O-])c2c(O)cc(C(=O)O)cc2O)c1. The van der Waals surface area contributed by atoms with E-state index >= 15 is 0 Å². The van der Waals surface area contributed by atoms with Gasteiger partial charge in [-0.3, -0.25) is 4.99 Å². The average molecular weight is 343 g/mol. The quantitative estimate of drug-likeness (QED) is 0.215. The topological polar surface area (TPSA) is 142 Å². The van der Waals surface area contributed by atoms with Gasteiger partial charge in [0, 0.05) is 17.7 Å². The Kier molecular flexibility index (Phi) is 5.23. The number of aromatic hydroxyl groups is 2. The van der Waals surface area contributed by atoms with Crippen LogP contribution in [0.4, 0.5) is 5.69 Å². The van der Waals surface area contributed by atoms with Crippen molar-refractivity contribution >= 4 is 23.7 Å². The van der Waals surface area contributed by atoms with E-state index < -0.39 is 23.2 Å². The summed E-state index contributed by atoms with van der Waals surface area (Å²) < 4.78 is 0.271. The zero-order chi connectivity index (χ0) is 18.6. The second-order valence-corrected chi connectivity index (χ2v) is 5.33. The minimum atomic E-state index is -1.33. The van der Waals surface area contributed by atoms with Crippen molar-refractivity contribution in [3.63, 3.8) is 0 Å². The summed E-state index contributed by atoms with van der Waals surface area (Å²) in [5.41, 5.74) is 6.05. The van der Waals surface area contributed by atoms with Crippen molar-refractivity contribution in [1.29, 1.82) is 0 Å². The second kappa shape index (κ2) is 7.35. The number of rotatable bonds is 5. The van der Waals surface area contributed by atoms with Crippen LogP contribution >= 0.6 is 0 Å². The number of phenols is 2. The summed E-state index contributed by atoms with van der Waals surface area (Å²) in [5, 5.41) is 40.8. The molecule has 0 saturated carbocycles. The maximum absolute atomic E-state index is 12.3. The maximum atomic E-state index is 12.3. The van der Waals surface area contributed by atoms with Gasteiger partial charge in [0.25, 0.3) is 0 Å². The van der Waals surface area contributed by atoms with E-state index in [4.69, 9.17) is 10.8 Å². The molecule has 0 aliphatic carbocycles. The summed E-state index contributed by atoms with van der Waals surface area (Å²) in [6.07, 6.45) is 1.15. The third-order valence-electron chi connectivity index (χ3n) is 3.27. The average Bonchev–Trinajstić information content (AvgIpc) is 2.52. The van der Waals surface area contributed by atoms with Gasteiger partial charge in [0.15, 0.2) is 17.7 Å². The Bertz CT molecular complexity index is 847. The summed E-state index contributed by atoms with van der Waals surface area (Å²) >= 11 is 0. The van der Waals surface area contributed by atoms with E-state index in [9.17, 15) is 20.2 Å². The number of carbonyl (C=O) groups is 1. The molecule has 130 valence electrons. The second-order valence-electron chi connectivity index (χ2n) is 5.33. The number of amidine groups is 1. The molecule has 25 heavy (non-hydrogen) atoms. The fourth-order valence-electron chi connectivity index (χ4n) is 2.14. The first-order chi connectivity index (χ1) is 11.8. The van der Waals surface area contributed by atoms with Gasteiger partial charge in [-0.05, 0) is 24.6 Å². The van der Waals surface area contributed by atoms with Crippen molar-refractivity contribution in [2.45, 2.75) is 13.5 Å². The molecule has 0 aliphatic rings. The highest BCUT2D eigenvalue weighted by Gasteiger charge is 2.20. The molecule has 0 saturated heterocycles. The van der Waals surface area contributed by atoms with Gasteiger partial charge in [-0.15, -0.1) is 0 Å². The van der Waals surface area contributed by atoms with Gasteiger partial charge in [0.05, 0.1) is 17.9 Å². The molecule has 0 fully saturated rings. The monoisotopic (exact) mass is 343 g/mol. The molecule has 0 aromatic heterocycles. The van der Waals surface area contributed by atoms with E-state index in [-0.39, 0.29) is 10.3 Å². The fraction of sp³-hybridized carbons (Fsp3) is 0.118. The predicted octanol–water partition coefficient (Wildman–Crippen LogP) is 1.93. The van der Waals surface area contributed by atoms with Crippen molar-refractivity contribution in [3.05, 3.63) is 58.3 Å². The molecule has 8 heteroatoms. The van der Waals surface area contributed by atoms with Crippen LogP contribution in [-0.4, -0.2) is 38.1 Å². The third kappa shape index (κ3) is 4.47. The fourth-order valence-corrected chi connectivity index (χ4v) is 2.14. The number of hydrogen-bond acceptors (Lipinski definition) is 5. The van der Waals surface area contributed by atoms with Crippen molar-refractivity contribution in [1.82, 2.24) is 0 Å². The first-order valence-corrected chi connectivity index (χ1v) is 7.24. The lowest BCUT2D eigenvalue weighted by Crippen LogP contribution is -2.05. The molecule has 0 radical (unpaired) electrons. The largest absolute Gasteiger partial charge is 0.618 e. The summed E-state index contributed by atoms with van der Waals surface area (Å²) in [4.78, 5) is 15.0. The van der Waals surface area contributed by atoms with Crippen molar-refractivity contribution in [2.24, 2.45) is 10.7 Å². The van der Waals surface area contributed by atoms with Crippen LogP contribution in [0.25, 0.3) is 0 Å². The highest BCUT2D eigenvalue weighted by molar-refractivity contribution is 5.90. The van der Waals surface area contributed by atoms with Crippen LogP contribution in [0, 0.1) is 5.21 Å². The number of benzene rings is 2. The molecule has 0 heterocycles. The first-order valence-electron chi connectivity index (χ1n) is 7.24. The van der Waals surface area contributed by atoms with E-state index in [2.05, 4.69) is 4.99 Å². The molecule has 0 atom stereocenters. The van der Waals surface area contributed by atoms with Crippen molar-refractivity contribution < 1.29 is 24.9 Å². The molecule has 2 aromatic carbocycles. The van der Waals surface area contributed by atoms with E-state index in [1.165, 1.54) is 0 Å². The molecule has 0 spiro atoms. The maximum Gasteiger partial charge on any atom is 0.335 e. The summed E-state index contributed by atoms with van der Waals surface area (Å²) in [6.45, 7) is 2.02. The molecular weight excluding hydrogens is 326 g/mol. The summed E-state index contributed by atoms with van der Waals surface area (Å²) in [6, 6.07) is 8.69. The Labute approximate surface area is 143 Å². The van der Waals surface area contributed by atoms with Crippen LogP contribution in [0.1, 0.15) is 28.4 Å². The van der Waals surface area contributed by atoms with Gasteiger partial charge < -0.3 is 26.3 Å². The number of carboxylic acids is 1. The van der Waals surface area contributed by atoms with Crippen molar-refractivity contribution in [2.75, 3.05) is 0 Å². The Morgan fingerprint density at radius 1 is 1.28 bits per heavy atom. The van der Waals surface area contributed by atoms with Gasteiger partial charge >= 0.3 is 11.7 Å². The van der Waals surface area contributed by atoms with Gasteiger partial charge in [-0.1, -0.05) is 12.1 Å². The molecule has 2 rings (SSSR count). The number of aliphatic imine (C=N–C) groups is 1. The van der Waals surface area contributed by atoms with Gasteiger partial charge in [-0.2, -0.15) is 4.74 Å². The van der Waals surface area contributed by atoms with Gasteiger partial charge in [0.1, 0.15) is 0 Å².